The molecule has 6 rings (SSSR count). The van der Waals surface area contributed by atoms with Gasteiger partial charge in [-0.25, -0.2) is 4.98 Å². The van der Waals surface area contributed by atoms with Gasteiger partial charge in [-0.05, 0) is 82.9 Å². The van der Waals surface area contributed by atoms with Crippen LogP contribution in [0.3, 0.4) is 0 Å². The van der Waals surface area contributed by atoms with Crippen molar-refractivity contribution in [1.29, 1.82) is 0 Å². The van der Waals surface area contributed by atoms with Gasteiger partial charge in [0.25, 0.3) is 5.91 Å². The summed E-state index contributed by atoms with van der Waals surface area (Å²) >= 11 is 0. The summed E-state index contributed by atoms with van der Waals surface area (Å²) in [5.74, 6) is 2.59. The van der Waals surface area contributed by atoms with Gasteiger partial charge in [0.15, 0.2) is 5.82 Å². The van der Waals surface area contributed by atoms with Crippen LogP contribution in [-0.4, -0.2) is 103 Å². The number of hydrogen-bond donors (Lipinski definition) is 2. The van der Waals surface area contributed by atoms with E-state index in [2.05, 4.69) is 44.2 Å². The highest BCUT2D eigenvalue weighted by Gasteiger charge is 2.38. The fraction of sp³-hybridized carbons (Fsp3) is 0.647. The van der Waals surface area contributed by atoms with Gasteiger partial charge in [0.05, 0.1) is 19.0 Å². The van der Waals surface area contributed by atoms with E-state index in [4.69, 9.17) is 9.72 Å². The first kappa shape index (κ1) is 31.5. The lowest BCUT2D eigenvalue weighted by atomic mass is 9.89. The number of ether oxygens (including phenoxy) is 1. The van der Waals surface area contributed by atoms with Crippen LogP contribution in [0.2, 0.25) is 0 Å². The molecular weight excluding hydrogens is 568 g/mol. The van der Waals surface area contributed by atoms with Crippen LogP contribution < -0.4 is 25.2 Å². The molecule has 1 atom stereocenters. The van der Waals surface area contributed by atoms with Crippen molar-refractivity contribution in [3.63, 3.8) is 0 Å². The molecule has 0 bridgehead atoms. The topological polar surface area (TPSA) is 106 Å². The number of piperazine rings is 1. The molecule has 4 aliphatic rings. The Morgan fingerprint density at radius 2 is 1.80 bits per heavy atom. The summed E-state index contributed by atoms with van der Waals surface area (Å²) < 4.78 is 5.68. The molecule has 2 amide bonds. The summed E-state index contributed by atoms with van der Waals surface area (Å²) in [4.78, 5) is 44.6. The van der Waals surface area contributed by atoms with Crippen LogP contribution in [0.25, 0.3) is 0 Å². The van der Waals surface area contributed by atoms with E-state index in [1.807, 2.05) is 19.1 Å². The number of aromatic nitrogens is 2. The quantitative estimate of drug-likeness (QED) is 0.404. The molecule has 0 radical (unpaired) electrons. The van der Waals surface area contributed by atoms with Gasteiger partial charge in [0.1, 0.15) is 17.5 Å². The Hall–Kier alpha value is -3.44. The number of benzene rings is 1. The normalized spacial score (nSPS) is 24.5. The molecule has 11 heteroatoms. The molecule has 1 aromatic carbocycles. The molecule has 0 spiro atoms. The Morgan fingerprint density at radius 3 is 2.44 bits per heavy atom. The SMILES string of the molecule is CCC1C(=O)N(C)c2cnc(Nc3ccc(C(=O)N[C@H]4CC[C@H](N5CCN(CC6CC6)CC5)CC4)cc3OC)nc2N1C(C)C. The molecule has 1 saturated heterocycles. The summed E-state index contributed by atoms with van der Waals surface area (Å²) in [7, 11) is 3.36. The maximum absolute atomic E-state index is 13.3. The number of anilines is 4. The lowest BCUT2D eigenvalue weighted by Crippen LogP contribution is -2.54. The zero-order chi connectivity index (χ0) is 31.7. The van der Waals surface area contributed by atoms with Gasteiger partial charge in [0, 0.05) is 63.5 Å². The fourth-order valence-corrected chi connectivity index (χ4v) is 7.32. The zero-order valence-electron chi connectivity index (χ0n) is 27.6. The van der Waals surface area contributed by atoms with Crippen LogP contribution in [0.1, 0.15) is 76.1 Å². The third-order valence-corrected chi connectivity index (χ3v) is 10.1. The molecule has 3 fully saturated rings. The maximum atomic E-state index is 13.3. The van der Waals surface area contributed by atoms with Gasteiger partial charge >= 0.3 is 0 Å². The van der Waals surface area contributed by atoms with Gasteiger partial charge in [-0.1, -0.05) is 6.92 Å². The van der Waals surface area contributed by atoms with Crippen LogP contribution in [0.4, 0.5) is 23.1 Å². The van der Waals surface area contributed by atoms with Crippen molar-refractivity contribution in [3.05, 3.63) is 30.0 Å². The van der Waals surface area contributed by atoms with Crippen molar-refractivity contribution in [2.45, 2.75) is 89.9 Å². The molecule has 2 N–H and O–H groups in total. The Labute approximate surface area is 267 Å². The standard InChI is InChI=1S/C34H50N8O3/c1-6-28-33(44)39(4)29-20-35-34(38-31(29)42(28)22(2)3)37-27-14-9-24(19-30(27)45-5)32(43)36-25-10-12-26(13-11-25)41-17-15-40(16-18-41)21-23-7-8-23/h9,14,19-20,22-23,25-26,28H,6-8,10-13,15-18,21H2,1-5H3,(H,36,43)(H,35,37,38)/t25-,26-,28?. The van der Waals surface area contributed by atoms with E-state index in [1.165, 1.54) is 45.6 Å². The van der Waals surface area contributed by atoms with Crippen LogP contribution in [-0.2, 0) is 4.79 Å². The highest BCUT2D eigenvalue weighted by Crippen LogP contribution is 2.37. The van der Waals surface area contributed by atoms with Gasteiger partial charge in [-0.2, -0.15) is 4.98 Å². The minimum Gasteiger partial charge on any atom is -0.495 e. The molecule has 3 heterocycles. The zero-order valence-corrected chi connectivity index (χ0v) is 27.6. The highest BCUT2D eigenvalue weighted by atomic mass is 16.5. The second-order valence-electron chi connectivity index (χ2n) is 13.5. The summed E-state index contributed by atoms with van der Waals surface area (Å²) in [6, 6.07) is 6.05. The molecule has 1 aromatic heterocycles. The Morgan fingerprint density at radius 1 is 1.07 bits per heavy atom. The number of nitrogens with one attached hydrogen (secondary N) is 2. The van der Waals surface area contributed by atoms with Crippen molar-refractivity contribution in [2.24, 2.45) is 5.92 Å². The Bertz CT molecular complexity index is 1370. The third-order valence-electron chi connectivity index (χ3n) is 10.1. The van der Waals surface area contributed by atoms with Gasteiger partial charge in [-0.15, -0.1) is 0 Å². The van der Waals surface area contributed by atoms with Gasteiger partial charge in [0.2, 0.25) is 11.9 Å². The predicted octanol–water partition coefficient (Wildman–Crippen LogP) is 4.27. The van der Waals surface area contributed by atoms with E-state index >= 15 is 0 Å². The number of hydrogen-bond acceptors (Lipinski definition) is 9. The summed E-state index contributed by atoms with van der Waals surface area (Å²) in [5.41, 5.74) is 1.91. The highest BCUT2D eigenvalue weighted by molar-refractivity contribution is 6.04. The second-order valence-corrected chi connectivity index (χ2v) is 13.5. The molecule has 2 aliphatic heterocycles. The van der Waals surface area contributed by atoms with Crippen molar-refractivity contribution in [1.82, 2.24) is 25.1 Å². The second kappa shape index (κ2) is 13.5. The lowest BCUT2D eigenvalue weighted by molar-refractivity contribution is -0.120. The number of rotatable bonds is 10. The molecule has 45 heavy (non-hydrogen) atoms. The van der Waals surface area contributed by atoms with E-state index in [0.29, 0.717) is 41.1 Å². The minimum atomic E-state index is -0.278. The van der Waals surface area contributed by atoms with Crippen LogP contribution in [0.5, 0.6) is 5.75 Å². The smallest absolute Gasteiger partial charge is 0.251 e. The van der Waals surface area contributed by atoms with E-state index in [1.54, 1.807) is 31.3 Å². The van der Waals surface area contributed by atoms with E-state index < -0.39 is 0 Å². The molecule has 2 aromatic rings. The predicted molar refractivity (Wildman–Crippen MR) is 178 cm³/mol. The van der Waals surface area contributed by atoms with Gasteiger partial charge in [-0.3, -0.25) is 14.5 Å². The molecule has 244 valence electrons. The minimum absolute atomic E-state index is 0.0454. The molecular formula is C34H50N8O3. The van der Waals surface area contributed by atoms with E-state index in [-0.39, 0.29) is 29.9 Å². The van der Waals surface area contributed by atoms with Crippen molar-refractivity contribution in [3.8, 4) is 5.75 Å². The number of likely N-dealkylation sites (N-methyl/N-ethyl adjacent to an activating group) is 1. The van der Waals surface area contributed by atoms with Crippen molar-refractivity contribution < 1.29 is 14.3 Å². The largest absolute Gasteiger partial charge is 0.495 e. The Kier molecular flexibility index (Phi) is 9.46. The van der Waals surface area contributed by atoms with Crippen molar-refractivity contribution >= 4 is 35.0 Å². The first-order chi connectivity index (χ1) is 21.7. The lowest BCUT2D eigenvalue weighted by Gasteiger charge is -2.42. The summed E-state index contributed by atoms with van der Waals surface area (Å²) in [6.07, 6.45) is 9.51. The summed E-state index contributed by atoms with van der Waals surface area (Å²) in [6.45, 7) is 12.2. The number of amides is 2. The number of nitrogens with zero attached hydrogens (tertiary/aromatic N) is 6. The fourth-order valence-electron chi connectivity index (χ4n) is 7.32. The monoisotopic (exact) mass is 618 g/mol. The first-order valence-corrected chi connectivity index (χ1v) is 16.9. The number of carbonyl (C=O) groups excluding carboxylic acids is 2. The number of fused-ring (bicyclic) bond motifs is 1. The maximum Gasteiger partial charge on any atom is 0.251 e. The van der Waals surface area contributed by atoms with Gasteiger partial charge < -0.3 is 30.1 Å². The van der Waals surface area contributed by atoms with Crippen LogP contribution in [0, 0.1) is 5.92 Å². The first-order valence-electron chi connectivity index (χ1n) is 16.9. The van der Waals surface area contributed by atoms with E-state index in [0.717, 1.165) is 37.4 Å². The average molecular weight is 619 g/mol. The molecule has 11 nitrogen and oxygen atoms in total. The molecule has 2 saturated carbocycles. The summed E-state index contributed by atoms with van der Waals surface area (Å²) in [5, 5.41) is 6.55. The number of carbonyl (C=O) groups is 2. The third kappa shape index (κ3) is 6.89. The molecule has 1 unspecified atom stereocenters. The van der Waals surface area contributed by atoms with Crippen LogP contribution in [0.15, 0.2) is 24.4 Å². The Balaban J connectivity index is 1.06. The number of methoxy groups -OCH3 is 1. The van der Waals surface area contributed by atoms with Crippen molar-refractivity contribution in [2.75, 3.05) is 62.0 Å². The van der Waals surface area contributed by atoms with E-state index in [9.17, 15) is 9.59 Å². The molecule has 2 aliphatic carbocycles. The average Bonchev–Trinajstić information content (AvgIpc) is 3.87. The van der Waals surface area contributed by atoms with Crippen LogP contribution >= 0.6 is 0 Å².